The Morgan fingerprint density at radius 3 is 2.32 bits per heavy atom. The summed E-state index contributed by atoms with van der Waals surface area (Å²) < 4.78 is 10.5. The SMILES string of the molecule is CCC(=O)C(=C1OCCO1)c1ccc([N+](=O)[O-])cc1. The fourth-order valence-corrected chi connectivity index (χ4v) is 1.77. The highest BCUT2D eigenvalue weighted by atomic mass is 16.7. The molecular weight excluding hydrogens is 250 g/mol. The van der Waals surface area contributed by atoms with Gasteiger partial charge in [0.05, 0.1) is 4.92 Å². The van der Waals surface area contributed by atoms with E-state index in [2.05, 4.69) is 0 Å². The molecule has 19 heavy (non-hydrogen) atoms. The highest BCUT2D eigenvalue weighted by Gasteiger charge is 2.23. The minimum absolute atomic E-state index is 0.0229. The number of allylic oxidation sites excluding steroid dienone is 1. The summed E-state index contributed by atoms with van der Waals surface area (Å²) in [5.41, 5.74) is 0.884. The van der Waals surface area contributed by atoms with E-state index in [1.54, 1.807) is 6.92 Å². The Hall–Kier alpha value is -2.37. The topological polar surface area (TPSA) is 78.7 Å². The first-order valence-corrected chi connectivity index (χ1v) is 5.91. The lowest BCUT2D eigenvalue weighted by atomic mass is 10.0. The molecule has 1 aromatic carbocycles. The maximum absolute atomic E-state index is 12.0. The maximum Gasteiger partial charge on any atom is 0.291 e. The molecule has 100 valence electrons. The van der Waals surface area contributed by atoms with Gasteiger partial charge in [0.15, 0.2) is 5.78 Å². The summed E-state index contributed by atoms with van der Waals surface area (Å²) in [6.07, 6.45) is 0.308. The van der Waals surface area contributed by atoms with E-state index in [9.17, 15) is 14.9 Å². The van der Waals surface area contributed by atoms with Crippen LogP contribution in [0.15, 0.2) is 30.2 Å². The van der Waals surface area contributed by atoms with Crippen LogP contribution in [-0.4, -0.2) is 23.9 Å². The molecule has 0 radical (unpaired) electrons. The van der Waals surface area contributed by atoms with Crippen LogP contribution in [0.2, 0.25) is 0 Å². The lowest BCUT2D eigenvalue weighted by Gasteiger charge is -2.08. The molecule has 1 heterocycles. The molecular formula is C13H13NO5. The van der Waals surface area contributed by atoms with Crippen LogP contribution in [-0.2, 0) is 14.3 Å². The summed E-state index contributed by atoms with van der Waals surface area (Å²) in [6, 6.07) is 5.76. The molecule has 0 bridgehead atoms. The molecule has 0 aromatic heterocycles. The molecule has 1 aliphatic rings. The molecule has 1 saturated heterocycles. The number of nitro groups is 1. The Labute approximate surface area is 109 Å². The van der Waals surface area contributed by atoms with Crippen LogP contribution >= 0.6 is 0 Å². The number of hydrogen-bond donors (Lipinski definition) is 0. The molecule has 1 aromatic rings. The molecule has 1 aliphatic heterocycles. The molecule has 0 unspecified atom stereocenters. The molecule has 0 amide bonds. The van der Waals surface area contributed by atoms with Gasteiger partial charge >= 0.3 is 0 Å². The van der Waals surface area contributed by atoms with Crippen LogP contribution in [0.25, 0.3) is 5.57 Å². The first kappa shape index (κ1) is 13.1. The second-order valence-corrected chi connectivity index (χ2v) is 3.94. The molecule has 0 saturated carbocycles. The standard InChI is InChI=1S/C13H13NO5/c1-2-11(15)12(13-18-7-8-19-13)9-3-5-10(6-4-9)14(16)17/h3-6H,2,7-8H2,1H3. The van der Waals surface area contributed by atoms with Gasteiger partial charge in [0.25, 0.3) is 11.6 Å². The maximum atomic E-state index is 12.0. The van der Waals surface area contributed by atoms with Crippen molar-refractivity contribution < 1.29 is 19.2 Å². The number of ether oxygens (including phenoxy) is 2. The minimum atomic E-state index is -0.485. The van der Waals surface area contributed by atoms with Gasteiger partial charge in [-0.1, -0.05) is 6.92 Å². The van der Waals surface area contributed by atoms with Gasteiger partial charge in [0, 0.05) is 18.6 Å². The van der Waals surface area contributed by atoms with Gasteiger partial charge in [0.2, 0.25) is 0 Å². The van der Waals surface area contributed by atoms with Gasteiger partial charge in [-0.15, -0.1) is 0 Å². The minimum Gasteiger partial charge on any atom is -0.461 e. The van der Waals surface area contributed by atoms with E-state index in [0.29, 0.717) is 30.8 Å². The second kappa shape index (κ2) is 5.51. The van der Waals surface area contributed by atoms with E-state index < -0.39 is 4.92 Å². The van der Waals surface area contributed by atoms with Crippen LogP contribution in [0.5, 0.6) is 0 Å². The van der Waals surface area contributed by atoms with Crippen molar-refractivity contribution >= 4 is 17.0 Å². The van der Waals surface area contributed by atoms with Crippen molar-refractivity contribution in [2.24, 2.45) is 0 Å². The van der Waals surface area contributed by atoms with Crippen molar-refractivity contribution in [2.45, 2.75) is 13.3 Å². The van der Waals surface area contributed by atoms with Crippen LogP contribution in [0, 0.1) is 10.1 Å². The number of carbonyl (C=O) groups is 1. The lowest BCUT2D eigenvalue weighted by molar-refractivity contribution is -0.384. The van der Waals surface area contributed by atoms with Crippen LogP contribution in [0.1, 0.15) is 18.9 Å². The molecule has 0 aliphatic carbocycles. The number of nitrogens with zero attached hydrogens (tertiary/aromatic N) is 1. The third-order valence-corrected chi connectivity index (χ3v) is 2.72. The van der Waals surface area contributed by atoms with Gasteiger partial charge in [-0.05, 0) is 17.7 Å². The molecule has 6 heteroatoms. The number of ketones is 1. The Morgan fingerprint density at radius 2 is 1.84 bits per heavy atom. The van der Waals surface area contributed by atoms with Crippen molar-refractivity contribution in [3.63, 3.8) is 0 Å². The molecule has 0 spiro atoms. The highest BCUT2D eigenvalue weighted by Crippen LogP contribution is 2.26. The van der Waals surface area contributed by atoms with E-state index in [4.69, 9.17) is 9.47 Å². The quantitative estimate of drug-likeness (QED) is 0.473. The summed E-state index contributed by atoms with van der Waals surface area (Å²) in [5.74, 6) is 0.0893. The van der Waals surface area contributed by atoms with E-state index in [-0.39, 0.29) is 17.4 Å². The van der Waals surface area contributed by atoms with Crippen molar-refractivity contribution in [2.75, 3.05) is 13.2 Å². The normalized spacial score (nSPS) is 13.6. The second-order valence-electron chi connectivity index (χ2n) is 3.94. The number of rotatable bonds is 4. The zero-order valence-electron chi connectivity index (χ0n) is 10.4. The van der Waals surface area contributed by atoms with Crippen molar-refractivity contribution in [1.82, 2.24) is 0 Å². The van der Waals surface area contributed by atoms with Crippen molar-refractivity contribution in [1.29, 1.82) is 0 Å². The third-order valence-electron chi connectivity index (χ3n) is 2.72. The van der Waals surface area contributed by atoms with Gasteiger partial charge < -0.3 is 9.47 Å². The van der Waals surface area contributed by atoms with Gasteiger partial charge in [-0.25, -0.2) is 0 Å². The van der Waals surface area contributed by atoms with Crippen molar-refractivity contribution in [3.8, 4) is 0 Å². The number of non-ortho nitro benzene ring substituents is 1. The first-order valence-electron chi connectivity index (χ1n) is 5.91. The highest BCUT2D eigenvalue weighted by molar-refractivity contribution is 6.21. The number of Topliss-reactive ketones (excluding diaryl/α,β-unsaturated/α-hetero) is 1. The van der Waals surface area contributed by atoms with Gasteiger partial charge in [-0.3, -0.25) is 14.9 Å². The number of hydrogen-bond acceptors (Lipinski definition) is 5. The molecule has 0 atom stereocenters. The van der Waals surface area contributed by atoms with Crippen LogP contribution in [0.3, 0.4) is 0 Å². The summed E-state index contributed by atoms with van der Waals surface area (Å²) in [6.45, 7) is 2.55. The van der Waals surface area contributed by atoms with E-state index in [1.165, 1.54) is 24.3 Å². The molecule has 2 rings (SSSR count). The number of carbonyl (C=O) groups excluding carboxylic acids is 1. The average molecular weight is 263 g/mol. The predicted octanol–water partition coefficient (Wildman–Crippen LogP) is 2.29. The Morgan fingerprint density at radius 1 is 1.26 bits per heavy atom. The monoisotopic (exact) mass is 263 g/mol. The fourth-order valence-electron chi connectivity index (χ4n) is 1.77. The van der Waals surface area contributed by atoms with Gasteiger partial charge in [-0.2, -0.15) is 0 Å². The molecule has 0 N–H and O–H groups in total. The predicted molar refractivity (Wildman–Crippen MR) is 67.2 cm³/mol. The van der Waals surface area contributed by atoms with E-state index in [0.717, 1.165) is 0 Å². The summed E-state index contributed by atoms with van der Waals surface area (Å²) >= 11 is 0. The number of benzene rings is 1. The summed E-state index contributed by atoms with van der Waals surface area (Å²) in [7, 11) is 0. The number of nitro benzene ring substituents is 1. The molecule has 1 fully saturated rings. The largest absolute Gasteiger partial charge is 0.461 e. The summed E-state index contributed by atoms with van der Waals surface area (Å²) in [4.78, 5) is 22.1. The fraction of sp³-hybridized carbons (Fsp3) is 0.308. The first-order chi connectivity index (χ1) is 9.13. The zero-order chi connectivity index (χ0) is 13.8. The smallest absolute Gasteiger partial charge is 0.291 e. The zero-order valence-corrected chi connectivity index (χ0v) is 10.4. The Balaban J connectivity index is 2.41. The Kier molecular flexibility index (Phi) is 3.79. The van der Waals surface area contributed by atoms with Crippen molar-refractivity contribution in [3.05, 3.63) is 45.9 Å². The summed E-state index contributed by atoms with van der Waals surface area (Å²) in [5, 5.41) is 10.6. The Bertz CT molecular complexity index is 524. The average Bonchev–Trinajstić information content (AvgIpc) is 2.93. The van der Waals surface area contributed by atoms with E-state index in [1.807, 2.05) is 0 Å². The molecule has 6 nitrogen and oxygen atoms in total. The third kappa shape index (κ3) is 2.73. The van der Waals surface area contributed by atoms with Gasteiger partial charge in [0.1, 0.15) is 18.8 Å². The van der Waals surface area contributed by atoms with Crippen LogP contribution in [0.4, 0.5) is 5.69 Å². The van der Waals surface area contributed by atoms with Crippen LogP contribution < -0.4 is 0 Å². The van der Waals surface area contributed by atoms with E-state index >= 15 is 0 Å². The lowest BCUT2D eigenvalue weighted by Crippen LogP contribution is -2.04.